The van der Waals surface area contributed by atoms with Crippen molar-refractivity contribution in [3.05, 3.63) is 30.3 Å². The van der Waals surface area contributed by atoms with E-state index in [1.165, 1.54) is 12.3 Å². The predicted molar refractivity (Wildman–Crippen MR) is 46.8 cm³/mol. The van der Waals surface area contributed by atoms with Gasteiger partial charge in [-0.25, -0.2) is 14.2 Å². The van der Waals surface area contributed by atoms with Crippen molar-refractivity contribution in [2.45, 2.75) is 6.92 Å². The first kappa shape index (κ1) is 12.5. The molecule has 0 fully saturated rings. The van der Waals surface area contributed by atoms with Gasteiger partial charge in [-0.2, -0.15) is 4.39 Å². The van der Waals surface area contributed by atoms with Crippen LogP contribution in [0.1, 0.15) is 6.92 Å². The van der Waals surface area contributed by atoms with E-state index in [4.69, 9.17) is 0 Å². The number of alkyl halides is 1. The number of pyridine rings is 1. The summed E-state index contributed by atoms with van der Waals surface area (Å²) in [5.74, 6) is -1.22. The molecule has 1 rings (SSSR count). The Balaban J connectivity index is 0.000000241. The van der Waals surface area contributed by atoms with Crippen molar-refractivity contribution < 1.29 is 18.3 Å². The summed E-state index contributed by atoms with van der Waals surface area (Å²) >= 11 is 0. The van der Waals surface area contributed by atoms with Crippen molar-refractivity contribution in [3.8, 4) is 0 Å². The zero-order valence-corrected chi connectivity index (χ0v) is 7.74. The molecule has 0 unspecified atom stereocenters. The summed E-state index contributed by atoms with van der Waals surface area (Å²) < 4.78 is 27.1. The number of aromatic nitrogens is 1. The molecule has 0 aromatic carbocycles. The highest BCUT2D eigenvalue weighted by molar-refractivity contribution is 5.70. The van der Waals surface area contributed by atoms with E-state index in [9.17, 15) is 13.6 Å². The van der Waals surface area contributed by atoms with Crippen molar-refractivity contribution in [1.82, 2.24) is 4.98 Å². The van der Waals surface area contributed by atoms with E-state index in [1.807, 2.05) is 0 Å². The smallest absolute Gasteiger partial charge is 0.337 e. The predicted octanol–water partition coefficient (Wildman–Crippen LogP) is 1.74. The van der Waals surface area contributed by atoms with E-state index < -0.39 is 18.6 Å². The lowest BCUT2D eigenvalue weighted by Gasteiger charge is -1.92. The molecule has 0 atom stereocenters. The zero-order chi connectivity index (χ0) is 10.8. The van der Waals surface area contributed by atoms with Gasteiger partial charge in [0.1, 0.15) is 0 Å². The third-order valence-electron chi connectivity index (χ3n) is 1.04. The molecule has 5 heteroatoms. The maximum atomic E-state index is 11.8. The number of nitrogens with zero attached hydrogens (tertiary/aromatic N) is 1. The molecular weight excluding hydrogens is 192 g/mol. The molecule has 0 saturated carbocycles. The number of halogens is 2. The molecule has 0 aliphatic carbocycles. The number of carbonyl (C=O) groups excluding carboxylic acids is 1. The Morgan fingerprint density at radius 2 is 2.29 bits per heavy atom. The summed E-state index contributed by atoms with van der Waals surface area (Å²) in [6, 6.07) is 4.57. The van der Waals surface area contributed by atoms with Crippen LogP contribution < -0.4 is 0 Å². The fourth-order valence-corrected chi connectivity index (χ4v) is 0.541. The lowest BCUT2D eigenvalue weighted by atomic mass is 10.5. The lowest BCUT2D eigenvalue weighted by Crippen LogP contribution is -2.04. The minimum Gasteiger partial charge on any atom is -0.464 e. The summed E-state index contributed by atoms with van der Waals surface area (Å²) in [4.78, 5) is 13.1. The molecule has 0 bridgehead atoms. The van der Waals surface area contributed by atoms with Gasteiger partial charge < -0.3 is 4.74 Å². The van der Waals surface area contributed by atoms with Crippen LogP contribution >= 0.6 is 0 Å². The second-order valence-corrected chi connectivity index (χ2v) is 2.09. The summed E-state index contributed by atoms with van der Waals surface area (Å²) in [6.45, 7) is 0.865. The monoisotopic (exact) mass is 203 g/mol. The zero-order valence-electron chi connectivity index (χ0n) is 7.74. The molecular formula is C9H11F2NO2. The number of hydrogen-bond donors (Lipinski definition) is 0. The minimum absolute atomic E-state index is 0.253. The van der Waals surface area contributed by atoms with Crippen LogP contribution in [0.25, 0.3) is 0 Å². The minimum atomic E-state index is -1.02. The Bertz CT molecular complexity index is 254. The number of esters is 1. The molecule has 0 spiro atoms. The highest BCUT2D eigenvalue weighted by atomic mass is 19.1. The molecule has 78 valence electrons. The SMILES string of the molecule is CCOC(=O)CF.Fc1ccccn1. The van der Waals surface area contributed by atoms with Crippen LogP contribution in [0, 0.1) is 5.95 Å². The molecule has 0 amide bonds. The van der Waals surface area contributed by atoms with Gasteiger partial charge in [0.05, 0.1) is 6.61 Å². The molecule has 1 aromatic heterocycles. The molecule has 0 radical (unpaired) electrons. The van der Waals surface area contributed by atoms with Gasteiger partial charge in [0, 0.05) is 6.20 Å². The maximum absolute atomic E-state index is 11.8. The van der Waals surface area contributed by atoms with Gasteiger partial charge >= 0.3 is 5.97 Å². The Hall–Kier alpha value is -1.52. The standard InChI is InChI=1S/C5H4FN.C4H7FO2/c6-5-3-1-2-4-7-5;1-2-7-4(6)3-5/h1-4H;2-3H2,1H3. The van der Waals surface area contributed by atoms with Gasteiger partial charge in [-0.15, -0.1) is 0 Å². The first-order chi connectivity index (χ1) is 6.70. The fourth-order valence-electron chi connectivity index (χ4n) is 0.541. The number of rotatable bonds is 2. The largest absolute Gasteiger partial charge is 0.464 e. The van der Waals surface area contributed by atoms with Crippen molar-refractivity contribution in [2.24, 2.45) is 0 Å². The van der Waals surface area contributed by atoms with E-state index in [0.717, 1.165) is 0 Å². The van der Waals surface area contributed by atoms with Crippen LogP contribution in [-0.4, -0.2) is 24.2 Å². The molecule has 1 heterocycles. The van der Waals surface area contributed by atoms with Crippen LogP contribution in [0.3, 0.4) is 0 Å². The van der Waals surface area contributed by atoms with E-state index in [2.05, 4.69) is 9.72 Å². The molecule has 14 heavy (non-hydrogen) atoms. The van der Waals surface area contributed by atoms with Gasteiger partial charge in [-0.3, -0.25) is 0 Å². The van der Waals surface area contributed by atoms with Gasteiger partial charge in [-0.1, -0.05) is 6.07 Å². The first-order valence-electron chi connectivity index (χ1n) is 3.98. The topological polar surface area (TPSA) is 39.2 Å². The molecule has 0 aliphatic rings. The van der Waals surface area contributed by atoms with Crippen molar-refractivity contribution in [2.75, 3.05) is 13.3 Å². The van der Waals surface area contributed by atoms with E-state index >= 15 is 0 Å². The van der Waals surface area contributed by atoms with Gasteiger partial charge in [0.15, 0.2) is 6.67 Å². The lowest BCUT2D eigenvalue weighted by molar-refractivity contribution is -0.144. The van der Waals surface area contributed by atoms with Crippen molar-refractivity contribution in [3.63, 3.8) is 0 Å². The summed E-state index contributed by atoms with van der Waals surface area (Å²) in [7, 11) is 0. The third-order valence-corrected chi connectivity index (χ3v) is 1.04. The van der Waals surface area contributed by atoms with E-state index in [-0.39, 0.29) is 6.61 Å². The third kappa shape index (κ3) is 7.15. The number of hydrogen-bond acceptors (Lipinski definition) is 3. The summed E-state index contributed by atoms with van der Waals surface area (Å²) in [5.41, 5.74) is 0. The van der Waals surface area contributed by atoms with E-state index in [0.29, 0.717) is 0 Å². The average molecular weight is 203 g/mol. The van der Waals surface area contributed by atoms with Crippen LogP contribution in [0.2, 0.25) is 0 Å². The normalized spacial score (nSPS) is 8.50. The summed E-state index contributed by atoms with van der Waals surface area (Å²) in [5, 5.41) is 0. The van der Waals surface area contributed by atoms with Gasteiger partial charge in [0.25, 0.3) is 0 Å². The quantitative estimate of drug-likeness (QED) is 0.543. The first-order valence-corrected chi connectivity index (χ1v) is 3.98. The average Bonchev–Trinajstić information content (AvgIpc) is 2.20. The fraction of sp³-hybridized carbons (Fsp3) is 0.333. The second-order valence-electron chi connectivity index (χ2n) is 2.09. The Morgan fingerprint density at radius 3 is 2.50 bits per heavy atom. The van der Waals surface area contributed by atoms with Crippen LogP contribution in [0.15, 0.2) is 24.4 Å². The molecule has 0 saturated heterocycles. The highest BCUT2D eigenvalue weighted by Crippen LogP contribution is 1.85. The summed E-state index contributed by atoms with van der Waals surface area (Å²) in [6.07, 6.45) is 1.41. The maximum Gasteiger partial charge on any atom is 0.337 e. The molecule has 3 nitrogen and oxygen atoms in total. The Morgan fingerprint density at radius 1 is 1.57 bits per heavy atom. The second kappa shape index (κ2) is 8.10. The Labute approximate surface area is 80.7 Å². The van der Waals surface area contributed by atoms with Crippen molar-refractivity contribution in [1.29, 1.82) is 0 Å². The van der Waals surface area contributed by atoms with Gasteiger partial charge in [0.2, 0.25) is 5.95 Å². The van der Waals surface area contributed by atoms with Crippen LogP contribution in [0.5, 0.6) is 0 Å². The molecule has 0 aliphatic heterocycles. The van der Waals surface area contributed by atoms with Crippen molar-refractivity contribution >= 4 is 5.97 Å². The molecule has 0 N–H and O–H groups in total. The highest BCUT2D eigenvalue weighted by Gasteiger charge is 1.94. The van der Waals surface area contributed by atoms with E-state index in [1.54, 1.807) is 19.1 Å². The number of carbonyl (C=O) groups is 1. The molecule has 1 aromatic rings. The van der Waals surface area contributed by atoms with Crippen LogP contribution in [0.4, 0.5) is 8.78 Å². The van der Waals surface area contributed by atoms with Crippen LogP contribution in [-0.2, 0) is 9.53 Å². The Kier molecular flexibility index (Phi) is 7.22. The number of ether oxygens (including phenoxy) is 1. The van der Waals surface area contributed by atoms with Gasteiger partial charge in [-0.05, 0) is 19.1 Å².